The van der Waals surface area contributed by atoms with Gasteiger partial charge in [0.2, 0.25) is 11.8 Å². The predicted octanol–water partition coefficient (Wildman–Crippen LogP) is 3.75. The lowest BCUT2D eigenvalue weighted by Gasteiger charge is -2.17. The first-order chi connectivity index (χ1) is 19.7. The van der Waals surface area contributed by atoms with Crippen LogP contribution in [-0.4, -0.2) is 50.8 Å². The zero-order valence-electron chi connectivity index (χ0n) is 22.2. The van der Waals surface area contributed by atoms with E-state index in [0.29, 0.717) is 30.5 Å². The Bertz CT molecular complexity index is 1400. The maximum absolute atomic E-state index is 12.8. The zero-order valence-corrected chi connectivity index (χ0v) is 22.2. The number of benzene rings is 3. The molecule has 3 aromatic rings. The molecule has 1 atom stereocenters. The third kappa shape index (κ3) is 10.4. The minimum atomic E-state index is -0.929. The second-order valence-electron chi connectivity index (χ2n) is 9.10. The Morgan fingerprint density at radius 1 is 0.732 bits per heavy atom. The Kier molecular flexibility index (Phi) is 11.4. The van der Waals surface area contributed by atoms with Crippen molar-refractivity contribution in [2.24, 2.45) is 0 Å². The minimum absolute atomic E-state index is 0.0515. The first-order valence-corrected chi connectivity index (χ1v) is 12.9. The molecule has 10 nitrogen and oxygen atoms in total. The minimum Gasteiger partial charge on any atom is -0.504 e. The summed E-state index contributed by atoms with van der Waals surface area (Å²) in [6, 6.07) is 16.5. The van der Waals surface area contributed by atoms with Crippen LogP contribution >= 0.6 is 0 Å². The molecule has 0 fully saturated rings. The summed E-state index contributed by atoms with van der Waals surface area (Å²) in [7, 11) is 0. The van der Waals surface area contributed by atoms with E-state index in [9.17, 15) is 34.8 Å². The van der Waals surface area contributed by atoms with Gasteiger partial charge >= 0.3 is 5.97 Å². The van der Waals surface area contributed by atoms with Gasteiger partial charge in [-0.15, -0.1) is 0 Å². The molecule has 41 heavy (non-hydrogen) atoms. The first-order valence-electron chi connectivity index (χ1n) is 12.9. The summed E-state index contributed by atoms with van der Waals surface area (Å²) in [6.07, 6.45) is 6.74. The highest BCUT2D eigenvalue weighted by molar-refractivity contribution is 5.94. The number of esters is 1. The molecule has 2 amide bonds. The summed E-state index contributed by atoms with van der Waals surface area (Å²) in [4.78, 5) is 37.5. The fraction of sp³-hybridized carbons (Fsp3) is 0.194. The van der Waals surface area contributed by atoms with Crippen molar-refractivity contribution in [3.05, 3.63) is 95.6 Å². The highest BCUT2D eigenvalue weighted by Crippen LogP contribution is 2.26. The summed E-state index contributed by atoms with van der Waals surface area (Å²) in [5.41, 5.74) is 1.82. The van der Waals surface area contributed by atoms with Gasteiger partial charge in [-0.25, -0.2) is 4.79 Å². The molecular weight excluding hydrogens is 528 g/mol. The van der Waals surface area contributed by atoms with Gasteiger partial charge in [0.05, 0.1) is 0 Å². The molecule has 3 rings (SSSR count). The van der Waals surface area contributed by atoms with E-state index < -0.39 is 17.9 Å². The number of unbranched alkanes of at least 4 members (excludes halogenated alkanes) is 1. The van der Waals surface area contributed by atoms with Gasteiger partial charge in [-0.2, -0.15) is 0 Å². The Morgan fingerprint density at radius 3 is 1.90 bits per heavy atom. The van der Waals surface area contributed by atoms with E-state index in [1.807, 2.05) is 30.3 Å². The zero-order chi connectivity index (χ0) is 29.6. The van der Waals surface area contributed by atoms with Crippen LogP contribution in [-0.2, 0) is 25.7 Å². The summed E-state index contributed by atoms with van der Waals surface area (Å²) in [5.74, 6) is -2.63. The van der Waals surface area contributed by atoms with Crippen molar-refractivity contribution in [1.82, 2.24) is 10.6 Å². The van der Waals surface area contributed by atoms with E-state index in [1.165, 1.54) is 54.6 Å². The fourth-order valence-corrected chi connectivity index (χ4v) is 3.67. The number of phenols is 4. The van der Waals surface area contributed by atoms with Crippen molar-refractivity contribution < 1.29 is 39.5 Å². The third-order valence-electron chi connectivity index (χ3n) is 5.90. The first kappa shape index (κ1) is 30.3. The molecular formula is C31H32N2O8. The van der Waals surface area contributed by atoms with Crippen molar-refractivity contribution in [3.63, 3.8) is 0 Å². The van der Waals surface area contributed by atoms with E-state index in [0.717, 1.165) is 5.56 Å². The summed E-state index contributed by atoms with van der Waals surface area (Å²) >= 11 is 0. The Labute approximate surface area is 237 Å². The number of rotatable bonds is 13. The molecule has 0 aliphatic heterocycles. The van der Waals surface area contributed by atoms with Crippen LogP contribution in [0.5, 0.6) is 23.0 Å². The number of nitrogens with one attached hydrogen (secondary N) is 2. The second kappa shape index (κ2) is 15.4. The average Bonchev–Trinajstić information content (AvgIpc) is 2.96. The number of carbonyl (C=O) groups excluding carboxylic acids is 3. The summed E-state index contributed by atoms with van der Waals surface area (Å²) in [6.45, 7) is 0.379. The highest BCUT2D eigenvalue weighted by Gasteiger charge is 2.21. The van der Waals surface area contributed by atoms with Gasteiger partial charge in [0, 0.05) is 18.7 Å². The van der Waals surface area contributed by atoms with Crippen LogP contribution in [0.3, 0.4) is 0 Å². The molecule has 0 saturated carbocycles. The SMILES string of the molecule is O=C(/C=C/c1ccc(O)c(O)c1)NCCCC[C@H](NC(=O)/C=C/c1ccc(O)c(O)c1)C(=O)OCc1ccccc1. The van der Waals surface area contributed by atoms with Crippen LogP contribution in [0, 0.1) is 0 Å². The summed E-state index contributed by atoms with van der Waals surface area (Å²) in [5, 5.41) is 43.3. The molecule has 0 spiro atoms. The molecule has 0 bridgehead atoms. The van der Waals surface area contributed by atoms with Crippen LogP contribution in [0.2, 0.25) is 0 Å². The van der Waals surface area contributed by atoms with E-state index in [1.54, 1.807) is 6.07 Å². The van der Waals surface area contributed by atoms with E-state index in [4.69, 9.17) is 4.74 Å². The number of hydrogen-bond donors (Lipinski definition) is 6. The maximum Gasteiger partial charge on any atom is 0.328 e. The van der Waals surface area contributed by atoms with Crippen LogP contribution in [0.4, 0.5) is 0 Å². The Morgan fingerprint density at radius 2 is 1.32 bits per heavy atom. The fourth-order valence-electron chi connectivity index (χ4n) is 3.67. The number of hydrogen-bond acceptors (Lipinski definition) is 8. The molecule has 0 heterocycles. The van der Waals surface area contributed by atoms with Gasteiger partial charge in [0.1, 0.15) is 12.6 Å². The average molecular weight is 561 g/mol. The molecule has 3 aromatic carbocycles. The van der Waals surface area contributed by atoms with Crippen LogP contribution in [0.15, 0.2) is 78.9 Å². The predicted molar refractivity (Wildman–Crippen MR) is 153 cm³/mol. The highest BCUT2D eigenvalue weighted by atomic mass is 16.5. The van der Waals surface area contributed by atoms with Crippen LogP contribution in [0.25, 0.3) is 12.2 Å². The largest absolute Gasteiger partial charge is 0.504 e. The second-order valence-corrected chi connectivity index (χ2v) is 9.10. The van der Waals surface area contributed by atoms with Crippen molar-refractivity contribution >= 4 is 29.9 Å². The van der Waals surface area contributed by atoms with Gasteiger partial charge in [-0.05, 0) is 72.4 Å². The van der Waals surface area contributed by atoms with Gasteiger partial charge < -0.3 is 35.8 Å². The maximum atomic E-state index is 12.8. The number of phenolic OH excluding ortho intramolecular Hbond substituents is 4. The molecule has 0 saturated heterocycles. The van der Waals surface area contributed by atoms with Gasteiger partial charge in [0.15, 0.2) is 23.0 Å². The monoisotopic (exact) mass is 560 g/mol. The molecule has 10 heteroatoms. The normalized spacial score (nSPS) is 11.8. The molecule has 0 radical (unpaired) electrons. The Balaban J connectivity index is 1.51. The van der Waals surface area contributed by atoms with Crippen molar-refractivity contribution in [2.75, 3.05) is 6.54 Å². The van der Waals surface area contributed by atoms with E-state index in [2.05, 4.69) is 10.6 Å². The quantitative estimate of drug-likeness (QED) is 0.0796. The molecule has 0 aliphatic rings. The number of carbonyl (C=O) groups is 3. The third-order valence-corrected chi connectivity index (χ3v) is 5.90. The van der Waals surface area contributed by atoms with Crippen molar-refractivity contribution in [2.45, 2.75) is 31.9 Å². The Hall–Kier alpha value is -5.25. The number of ether oxygens (including phenoxy) is 1. The molecule has 0 unspecified atom stereocenters. The smallest absolute Gasteiger partial charge is 0.328 e. The van der Waals surface area contributed by atoms with E-state index in [-0.39, 0.29) is 41.9 Å². The van der Waals surface area contributed by atoms with Gasteiger partial charge in [-0.1, -0.05) is 42.5 Å². The molecule has 6 N–H and O–H groups in total. The number of aromatic hydroxyl groups is 4. The van der Waals surface area contributed by atoms with Crippen LogP contribution < -0.4 is 10.6 Å². The molecule has 0 aromatic heterocycles. The number of amides is 2. The topological polar surface area (TPSA) is 165 Å². The lowest BCUT2D eigenvalue weighted by molar-refractivity contribution is -0.149. The van der Waals surface area contributed by atoms with E-state index >= 15 is 0 Å². The van der Waals surface area contributed by atoms with Crippen LogP contribution in [0.1, 0.15) is 36.0 Å². The molecule has 214 valence electrons. The standard InChI is InChI=1S/C31H32N2O8/c34-25-13-9-21(18-27(25)36)11-15-29(38)32-17-5-4-8-24(31(40)41-20-23-6-2-1-3-7-23)33-30(39)16-12-22-10-14-26(35)28(37)19-22/h1-3,6-7,9-16,18-19,24,34-37H,4-5,8,17,20H2,(H,32,38)(H,33,39)/b15-11+,16-12+/t24-/m0/s1. The van der Waals surface area contributed by atoms with Gasteiger partial charge in [-0.3, -0.25) is 9.59 Å². The summed E-state index contributed by atoms with van der Waals surface area (Å²) < 4.78 is 5.42. The molecule has 0 aliphatic carbocycles. The van der Waals surface area contributed by atoms with Gasteiger partial charge in [0.25, 0.3) is 0 Å². The lowest BCUT2D eigenvalue weighted by Crippen LogP contribution is -2.41. The lowest BCUT2D eigenvalue weighted by atomic mass is 10.1. The van der Waals surface area contributed by atoms with Crippen molar-refractivity contribution in [3.8, 4) is 23.0 Å². The van der Waals surface area contributed by atoms with Crippen molar-refractivity contribution in [1.29, 1.82) is 0 Å².